The van der Waals surface area contributed by atoms with E-state index in [4.69, 9.17) is 5.11 Å². The van der Waals surface area contributed by atoms with Crippen molar-refractivity contribution in [2.75, 3.05) is 26.7 Å². The fourth-order valence-corrected chi connectivity index (χ4v) is 2.71. The van der Waals surface area contributed by atoms with E-state index < -0.39 is 6.09 Å². The smallest absolute Gasteiger partial charge is 0.407 e. The first-order valence-corrected chi connectivity index (χ1v) is 6.35. The van der Waals surface area contributed by atoms with Crippen molar-refractivity contribution >= 4 is 12.1 Å². The van der Waals surface area contributed by atoms with Gasteiger partial charge in [-0.1, -0.05) is 0 Å². The summed E-state index contributed by atoms with van der Waals surface area (Å²) in [5.41, 5.74) is -0.178. The molecular weight excluding hydrogens is 234 g/mol. The Morgan fingerprint density at radius 2 is 2.11 bits per heavy atom. The highest BCUT2D eigenvalue weighted by Gasteiger charge is 2.44. The zero-order valence-electron chi connectivity index (χ0n) is 11.2. The number of hydrogen-bond donors (Lipinski definition) is 1. The molecule has 3 amide bonds. The number of carbonyl (C=O) groups is 2. The minimum atomic E-state index is -0.890. The molecule has 102 valence electrons. The maximum Gasteiger partial charge on any atom is 0.407 e. The second-order valence-electron chi connectivity index (χ2n) is 5.81. The third-order valence-electron chi connectivity index (χ3n) is 4.11. The van der Waals surface area contributed by atoms with Gasteiger partial charge in [-0.25, -0.2) is 9.59 Å². The maximum atomic E-state index is 12.2. The Bertz CT molecular complexity index is 370. The van der Waals surface area contributed by atoms with E-state index in [0.29, 0.717) is 19.6 Å². The zero-order valence-corrected chi connectivity index (χ0v) is 11.2. The van der Waals surface area contributed by atoms with Gasteiger partial charge in [0, 0.05) is 26.7 Å². The summed E-state index contributed by atoms with van der Waals surface area (Å²) in [6.45, 7) is 5.74. The first-order chi connectivity index (χ1) is 8.33. The van der Waals surface area contributed by atoms with Gasteiger partial charge in [0.15, 0.2) is 0 Å². The lowest BCUT2D eigenvalue weighted by atomic mass is 10.0. The molecule has 6 heteroatoms. The molecule has 0 saturated carbocycles. The predicted molar refractivity (Wildman–Crippen MR) is 66.6 cm³/mol. The van der Waals surface area contributed by atoms with Gasteiger partial charge >= 0.3 is 12.1 Å². The van der Waals surface area contributed by atoms with E-state index in [-0.39, 0.29) is 17.6 Å². The monoisotopic (exact) mass is 255 g/mol. The molecule has 2 fully saturated rings. The molecule has 2 aliphatic heterocycles. The van der Waals surface area contributed by atoms with Gasteiger partial charge in [0.25, 0.3) is 0 Å². The largest absolute Gasteiger partial charge is 0.465 e. The molecule has 1 N–H and O–H groups in total. The third-order valence-corrected chi connectivity index (χ3v) is 4.11. The van der Waals surface area contributed by atoms with Gasteiger partial charge in [-0.2, -0.15) is 0 Å². The van der Waals surface area contributed by atoms with Gasteiger partial charge in [-0.05, 0) is 26.7 Å². The molecule has 0 aromatic rings. The fraction of sp³-hybridized carbons (Fsp3) is 0.833. The van der Waals surface area contributed by atoms with Crippen LogP contribution in [0.1, 0.15) is 26.7 Å². The van der Waals surface area contributed by atoms with Crippen molar-refractivity contribution in [2.24, 2.45) is 0 Å². The molecule has 0 aliphatic carbocycles. The summed E-state index contributed by atoms with van der Waals surface area (Å²) in [6.07, 6.45) is 0.823. The van der Waals surface area contributed by atoms with E-state index in [0.717, 1.165) is 12.8 Å². The number of piperidine rings is 1. The summed E-state index contributed by atoms with van der Waals surface area (Å²) in [5, 5.41) is 9.03. The highest BCUT2D eigenvalue weighted by Crippen LogP contribution is 2.28. The van der Waals surface area contributed by atoms with Crippen LogP contribution >= 0.6 is 0 Å². The third kappa shape index (κ3) is 2.11. The van der Waals surface area contributed by atoms with Crippen LogP contribution in [0, 0.1) is 0 Å². The van der Waals surface area contributed by atoms with Gasteiger partial charge in [0.05, 0.1) is 11.6 Å². The standard InChI is InChI=1S/C12H21N3O3/c1-12(2)8-15(10(16)13(12)3)9-5-4-6-14(7-9)11(17)18/h9H,4-8H2,1-3H3,(H,17,18). The number of hydrogen-bond acceptors (Lipinski definition) is 2. The van der Waals surface area contributed by atoms with Crippen LogP contribution in [0.25, 0.3) is 0 Å². The molecular formula is C12H21N3O3. The summed E-state index contributed by atoms with van der Waals surface area (Å²) < 4.78 is 0. The zero-order chi connectivity index (χ0) is 13.5. The van der Waals surface area contributed by atoms with Crippen LogP contribution in [-0.4, -0.2) is 70.2 Å². The van der Waals surface area contributed by atoms with E-state index in [2.05, 4.69) is 0 Å². The van der Waals surface area contributed by atoms with Crippen molar-refractivity contribution in [2.45, 2.75) is 38.3 Å². The van der Waals surface area contributed by atoms with E-state index in [1.807, 2.05) is 18.7 Å². The number of amides is 3. The molecule has 2 heterocycles. The Morgan fingerprint density at radius 3 is 2.61 bits per heavy atom. The Labute approximate surface area is 107 Å². The number of rotatable bonds is 1. The molecule has 0 bridgehead atoms. The molecule has 0 radical (unpaired) electrons. The van der Waals surface area contributed by atoms with Crippen molar-refractivity contribution < 1.29 is 14.7 Å². The minimum Gasteiger partial charge on any atom is -0.465 e. The van der Waals surface area contributed by atoms with Crippen LogP contribution in [0.2, 0.25) is 0 Å². The van der Waals surface area contributed by atoms with Crippen molar-refractivity contribution in [3.8, 4) is 0 Å². The van der Waals surface area contributed by atoms with E-state index in [1.165, 1.54) is 4.90 Å². The lowest BCUT2D eigenvalue weighted by Gasteiger charge is -2.36. The molecule has 1 unspecified atom stereocenters. The van der Waals surface area contributed by atoms with Crippen molar-refractivity contribution in [3.05, 3.63) is 0 Å². The highest BCUT2D eigenvalue weighted by molar-refractivity contribution is 5.78. The SMILES string of the molecule is CN1C(=O)N(C2CCCN(C(=O)O)C2)CC1(C)C. The summed E-state index contributed by atoms with van der Waals surface area (Å²) in [4.78, 5) is 28.2. The average molecular weight is 255 g/mol. The number of nitrogens with zero attached hydrogens (tertiary/aromatic N) is 3. The number of likely N-dealkylation sites (N-methyl/N-ethyl adjacent to an activating group) is 1. The lowest BCUT2D eigenvalue weighted by molar-refractivity contribution is 0.101. The van der Waals surface area contributed by atoms with E-state index in [1.54, 1.807) is 11.9 Å². The van der Waals surface area contributed by atoms with Crippen molar-refractivity contribution in [1.29, 1.82) is 0 Å². The first kappa shape index (κ1) is 13.0. The molecule has 0 aromatic carbocycles. The Kier molecular flexibility index (Phi) is 3.12. The maximum absolute atomic E-state index is 12.2. The number of carboxylic acid groups (broad SMARTS) is 1. The summed E-state index contributed by atoms with van der Waals surface area (Å²) in [6, 6.07) is 0.0313. The van der Waals surface area contributed by atoms with Crippen LogP contribution in [0.4, 0.5) is 9.59 Å². The molecule has 2 saturated heterocycles. The normalized spacial score (nSPS) is 27.8. The Balaban J connectivity index is 2.08. The predicted octanol–water partition coefficient (Wildman–Crippen LogP) is 1.27. The lowest BCUT2D eigenvalue weighted by Crippen LogP contribution is -2.50. The Morgan fingerprint density at radius 1 is 1.44 bits per heavy atom. The molecule has 2 rings (SSSR count). The summed E-state index contributed by atoms with van der Waals surface area (Å²) in [5.74, 6) is 0. The van der Waals surface area contributed by atoms with Crippen LogP contribution in [0.3, 0.4) is 0 Å². The number of carbonyl (C=O) groups excluding carboxylic acids is 1. The van der Waals surface area contributed by atoms with Crippen LogP contribution in [-0.2, 0) is 0 Å². The van der Waals surface area contributed by atoms with Crippen molar-refractivity contribution in [1.82, 2.24) is 14.7 Å². The number of likely N-dealkylation sites (tertiary alicyclic amines) is 1. The molecule has 2 aliphatic rings. The highest BCUT2D eigenvalue weighted by atomic mass is 16.4. The molecule has 0 spiro atoms. The first-order valence-electron chi connectivity index (χ1n) is 6.35. The Hall–Kier alpha value is -1.46. The summed E-state index contributed by atoms with van der Waals surface area (Å²) in [7, 11) is 1.81. The molecule has 1 atom stereocenters. The van der Waals surface area contributed by atoms with Gasteiger partial charge < -0.3 is 19.8 Å². The van der Waals surface area contributed by atoms with E-state index in [9.17, 15) is 9.59 Å². The van der Waals surface area contributed by atoms with Gasteiger partial charge in [-0.15, -0.1) is 0 Å². The van der Waals surface area contributed by atoms with Crippen molar-refractivity contribution in [3.63, 3.8) is 0 Å². The second-order valence-corrected chi connectivity index (χ2v) is 5.81. The van der Waals surface area contributed by atoms with Gasteiger partial charge in [0.1, 0.15) is 0 Å². The topological polar surface area (TPSA) is 64.1 Å². The number of urea groups is 1. The van der Waals surface area contributed by atoms with Crippen LogP contribution in [0.15, 0.2) is 0 Å². The quantitative estimate of drug-likeness (QED) is 0.767. The summed E-state index contributed by atoms with van der Waals surface area (Å²) >= 11 is 0. The second kappa shape index (κ2) is 4.33. The average Bonchev–Trinajstić information content (AvgIpc) is 2.53. The van der Waals surface area contributed by atoms with Crippen LogP contribution in [0.5, 0.6) is 0 Å². The fourth-order valence-electron chi connectivity index (χ4n) is 2.71. The van der Waals surface area contributed by atoms with Gasteiger partial charge in [0.2, 0.25) is 0 Å². The molecule has 0 aromatic heterocycles. The molecule has 18 heavy (non-hydrogen) atoms. The minimum absolute atomic E-state index is 0.0113. The van der Waals surface area contributed by atoms with Crippen LogP contribution < -0.4 is 0 Å². The molecule has 6 nitrogen and oxygen atoms in total. The van der Waals surface area contributed by atoms with Gasteiger partial charge in [-0.3, -0.25) is 0 Å². The van der Waals surface area contributed by atoms with E-state index >= 15 is 0 Å².